The first kappa shape index (κ1) is 15.5. The summed E-state index contributed by atoms with van der Waals surface area (Å²) in [4.78, 5) is 4.30. The van der Waals surface area contributed by atoms with Crippen LogP contribution in [0.1, 0.15) is 0 Å². The first-order valence-corrected chi connectivity index (χ1v) is 8.15. The number of anilines is 4. The van der Waals surface area contributed by atoms with E-state index in [0.29, 0.717) is 11.3 Å². The highest BCUT2D eigenvalue weighted by Gasteiger charge is 2.24. The van der Waals surface area contributed by atoms with E-state index in [-0.39, 0.29) is 5.82 Å². The minimum atomic E-state index is -0.286. The van der Waals surface area contributed by atoms with Crippen LogP contribution in [-0.2, 0) is 0 Å². The number of rotatable bonds is 2. The molecule has 126 valence electrons. The van der Waals surface area contributed by atoms with Crippen molar-refractivity contribution in [3.8, 4) is 16.9 Å². The highest BCUT2D eigenvalue weighted by Crippen LogP contribution is 2.48. The van der Waals surface area contributed by atoms with E-state index in [4.69, 9.17) is 4.74 Å². The number of para-hydroxylation sites is 2. The van der Waals surface area contributed by atoms with Crippen molar-refractivity contribution in [1.29, 1.82) is 0 Å². The lowest BCUT2D eigenvalue weighted by atomic mass is 10.00. The van der Waals surface area contributed by atoms with Gasteiger partial charge in [-0.1, -0.05) is 24.3 Å². The van der Waals surface area contributed by atoms with E-state index in [2.05, 4.69) is 21.9 Å². The fourth-order valence-corrected chi connectivity index (χ4v) is 3.48. The van der Waals surface area contributed by atoms with Gasteiger partial charge >= 0.3 is 0 Å². The average molecular weight is 334 g/mol. The first-order valence-electron chi connectivity index (χ1n) is 8.15. The van der Waals surface area contributed by atoms with Crippen molar-refractivity contribution in [1.82, 2.24) is 0 Å². The molecule has 0 aliphatic carbocycles. The molecule has 3 aromatic carbocycles. The van der Waals surface area contributed by atoms with Gasteiger partial charge in [0.05, 0.1) is 35.4 Å². The molecule has 1 heterocycles. The number of methoxy groups -OCH3 is 1. The monoisotopic (exact) mass is 334 g/mol. The van der Waals surface area contributed by atoms with E-state index in [1.165, 1.54) is 6.07 Å². The molecule has 3 nitrogen and oxygen atoms in total. The van der Waals surface area contributed by atoms with E-state index < -0.39 is 0 Å². The SMILES string of the molecule is COc1cccc(F)c1-c1ccc2c(c1)N(C)c1ccccc1N2C. The molecular weight excluding hydrogens is 315 g/mol. The molecule has 3 aromatic rings. The first-order chi connectivity index (χ1) is 12.1. The number of hydrogen-bond acceptors (Lipinski definition) is 3. The van der Waals surface area contributed by atoms with E-state index >= 15 is 0 Å². The van der Waals surface area contributed by atoms with Crippen molar-refractivity contribution >= 4 is 22.7 Å². The minimum Gasteiger partial charge on any atom is -0.496 e. The van der Waals surface area contributed by atoms with E-state index in [1.54, 1.807) is 19.2 Å². The van der Waals surface area contributed by atoms with Gasteiger partial charge in [-0.05, 0) is 42.0 Å². The Balaban J connectivity index is 1.90. The lowest BCUT2D eigenvalue weighted by Gasteiger charge is -2.36. The number of ether oxygens (including phenoxy) is 1. The zero-order valence-electron chi connectivity index (χ0n) is 14.5. The number of benzene rings is 3. The molecule has 0 saturated heterocycles. The maximum Gasteiger partial charge on any atom is 0.134 e. The second kappa shape index (κ2) is 5.81. The van der Waals surface area contributed by atoms with Gasteiger partial charge in [0.2, 0.25) is 0 Å². The van der Waals surface area contributed by atoms with Gasteiger partial charge in [0.25, 0.3) is 0 Å². The summed E-state index contributed by atoms with van der Waals surface area (Å²) in [7, 11) is 5.65. The number of halogens is 1. The Morgan fingerprint density at radius 1 is 0.760 bits per heavy atom. The standard InChI is InChI=1S/C21H19FN2O/c1-23-16-8-4-5-9-17(16)24(2)19-13-14(11-12-18(19)23)21-15(22)7-6-10-20(21)25-3/h4-13H,1-3H3. The molecule has 0 saturated carbocycles. The molecule has 4 heteroatoms. The summed E-state index contributed by atoms with van der Waals surface area (Å²) in [5.41, 5.74) is 5.67. The largest absolute Gasteiger partial charge is 0.496 e. The number of fused-ring (bicyclic) bond motifs is 2. The van der Waals surface area contributed by atoms with Crippen LogP contribution in [0.2, 0.25) is 0 Å². The maximum atomic E-state index is 14.5. The zero-order valence-corrected chi connectivity index (χ0v) is 14.5. The average Bonchev–Trinajstić information content (AvgIpc) is 2.65. The van der Waals surface area contributed by atoms with E-state index in [9.17, 15) is 4.39 Å². The van der Waals surface area contributed by atoms with E-state index in [0.717, 1.165) is 28.3 Å². The van der Waals surface area contributed by atoms with Crippen LogP contribution in [0.15, 0.2) is 60.7 Å². The van der Waals surface area contributed by atoms with Crippen LogP contribution >= 0.6 is 0 Å². The van der Waals surface area contributed by atoms with Crippen molar-refractivity contribution in [2.45, 2.75) is 0 Å². The Kier molecular flexibility index (Phi) is 3.61. The molecule has 0 unspecified atom stereocenters. The van der Waals surface area contributed by atoms with Crippen LogP contribution in [0.25, 0.3) is 11.1 Å². The quantitative estimate of drug-likeness (QED) is 0.628. The summed E-state index contributed by atoms with van der Waals surface area (Å²) in [5.74, 6) is 0.249. The Hall–Kier alpha value is -3.01. The highest BCUT2D eigenvalue weighted by molar-refractivity contribution is 5.94. The van der Waals surface area contributed by atoms with Gasteiger partial charge < -0.3 is 14.5 Å². The third-order valence-electron chi connectivity index (χ3n) is 4.79. The summed E-state index contributed by atoms with van der Waals surface area (Å²) in [6.07, 6.45) is 0. The van der Waals surface area contributed by atoms with Crippen LogP contribution in [0.3, 0.4) is 0 Å². The molecule has 0 radical (unpaired) electrons. The third kappa shape index (κ3) is 2.33. The highest BCUT2D eigenvalue weighted by atomic mass is 19.1. The van der Waals surface area contributed by atoms with Crippen molar-refractivity contribution in [2.75, 3.05) is 31.0 Å². The third-order valence-corrected chi connectivity index (χ3v) is 4.79. The molecule has 0 spiro atoms. The molecule has 0 amide bonds. The van der Waals surface area contributed by atoms with Crippen LogP contribution < -0.4 is 14.5 Å². The lowest BCUT2D eigenvalue weighted by molar-refractivity contribution is 0.413. The molecule has 0 aromatic heterocycles. The molecule has 0 fully saturated rings. The van der Waals surface area contributed by atoms with Gasteiger partial charge in [0.15, 0.2) is 0 Å². The smallest absolute Gasteiger partial charge is 0.134 e. The predicted octanol–water partition coefficient (Wildman–Crippen LogP) is 5.35. The zero-order chi connectivity index (χ0) is 17.6. The topological polar surface area (TPSA) is 15.7 Å². The molecule has 25 heavy (non-hydrogen) atoms. The van der Waals surface area contributed by atoms with Crippen molar-refractivity contribution in [2.24, 2.45) is 0 Å². The van der Waals surface area contributed by atoms with Gasteiger partial charge in [-0.15, -0.1) is 0 Å². The van der Waals surface area contributed by atoms with Crippen molar-refractivity contribution < 1.29 is 9.13 Å². The van der Waals surface area contributed by atoms with Gasteiger partial charge in [-0.25, -0.2) is 4.39 Å². The molecule has 1 aliphatic heterocycles. The van der Waals surface area contributed by atoms with Gasteiger partial charge in [-0.3, -0.25) is 0 Å². The van der Waals surface area contributed by atoms with Crippen LogP contribution in [-0.4, -0.2) is 21.2 Å². The fourth-order valence-electron chi connectivity index (χ4n) is 3.48. The molecular formula is C21H19FN2O. The Bertz CT molecular complexity index is 954. The Morgan fingerprint density at radius 2 is 1.40 bits per heavy atom. The summed E-state index contributed by atoms with van der Waals surface area (Å²) < 4.78 is 19.8. The van der Waals surface area contributed by atoms with Gasteiger partial charge in [-0.2, -0.15) is 0 Å². The normalized spacial score (nSPS) is 12.6. The fraction of sp³-hybridized carbons (Fsp3) is 0.143. The minimum absolute atomic E-state index is 0.286. The van der Waals surface area contributed by atoms with Crippen molar-refractivity contribution in [3.05, 3.63) is 66.5 Å². The van der Waals surface area contributed by atoms with E-state index in [1.807, 2.05) is 44.4 Å². The van der Waals surface area contributed by atoms with Crippen LogP contribution in [0.5, 0.6) is 5.75 Å². The molecule has 0 atom stereocenters. The number of hydrogen-bond donors (Lipinski definition) is 0. The Morgan fingerprint density at radius 3 is 2.08 bits per heavy atom. The molecule has 0 bridgehead atoms. The second-order valence-electron chi connectivity index (χ2n) is 6.13. The molecule has 4 rings (SSSR count). The second-order valence-corrected chi connectivity index (χ2v) is 6.13. The predicted molar refractivity (Wildman–Crippen MR) is 101 cm³/mol. The molecule has 1 aliphatic rings. The summed E-state index contributed by atoms with van der Waals surface area (Å²) in [6.45, 7) is 0. The maximum absolute atomic E-state index is 14.5. The number of nitrogens with zero attached hydrogens (tertiary/aromatic N) is 2. The lowest BCUT2D eigenvalue weighted by Crippen LogP contribution is -2.24. The summed E-state index contributed by atoms with van der Waals surface area (Å²) >= 11 is 0. The molecule has 0 N–H and O–H groups in total. The summed E-state index contributed by atoms with van der Waals surface area (Å²) in [5, 5.41) is 0. The Labute approximate surface area is 146 Å². The van der Waals surface area contributed by atoms with Gasteiger partial charge in [0.1, 0.15) is 11.6 Å². The van der Waals surface area contributed by atoms with Crippen molar-refractivity contribution in [3.63, 3.8) is 0 Å². The van der Waals surface area contributed by atoms with Gasteiger partial charge in [0, 0.05) is 14.1 Å². The van der Waals surface area contributed by atoms with Crippen LogP contribution in [0, 0.1) is 5.82 Å². The summed E-state index contributed by atoms with van der Waals surface area (Å²) in [6, 6.07) is 19.1. The van der Waals surface area contributed by atoms with Crippen LogP contribution in [0.4, 0.5) is 27.1 Å².